The normalized spacial score (nSPS) is 18.4. The van der Waals surface area contributed by atoms with Gasteiger partial charge in [0, 0.05) is 115 Å². The zero-order chi connectivity index (χ0) is 68.5. The molecular formula is C75H118N4O12. The predicted molar refractivity (Wildman–Crippen MR) is 369 cm³/mol. The summed E-state index contributed by atoms with van der Waals surface area (Å²) in [6.45, 7) is 31.9. The lowest BCUT2D eigenvalue weighted by molar-refractivity contribution is -0.198. The van der Waals surface area contributed by atoms with Crippen LogP contribution in [0.1, 0.15) is 193 Å². The minimum absolute atomic E-state index is 0.0175. The molecule has 0 saturated carbocycles. The van der Waals surface area contributed by atoms with Crippen LogP contribution in [0.3, 0.4) is 0 Å². The maximum absolute atomic E-state index is 14.3. The van der Waals surface area contributed by atoms with E-state index in [1.165, 1.54) is 0 Å². The van der Waals surface area contributed by atoms with Crippen molar-refractivity contribution in [2.24, 2.45) is 11.3 Å². The summed E-state index contributed by atoms with van der Waals surface area (Å²) in [6, 6.07) is 22.5. The van der Waals surface area contributed by atoms with Crippen LogP contribution in [0, 0.1) is 11.3 Å². The average Bonchev–Trinajstić information content (AvgIpc) is 1.11. The smallest absolute Gasteiger partial charge is 0.338 e. The summed E-state index contributed by atoms with van der Waals surface area (Å²) < 4.78 is 54.8. The molecule has 510 valence electrons. The van der Waals surface area contributed by atoms with Crippen molar-refractivity contribution in [2.45, 2.75) is 220 Å². The third kappa shape index (κ3) is 22.9. The van der Waals surface area contributed by atoms with Crippen molar-refractivity contribution in [3.05, 3.63) is 113 Å². The number of rotatable bonds is 41. The number of ether oxygens (including phenoxy) is 8. The SMILES string of the molecule is CCC(C)(CC(C)OC(=O)c1ccc(N(C)C)cc1)OCC(COCC(C)OC(C)(CC)C(=O)C1C=CC(N(C)C)=CC1)(COC(C)(C)CC(C)OC(C)(CC)C(=O)c1ccc(N(C)C)cc1)COC(C)(CC)CC(C)OC(C)(C)C(=O)c1ccc(N(C)C)cc1. The molecule has 3 aromatic rings. The first-order valence-corrected chi connectivity index (χ1v) is 33.1. The number of allylic oxidation sites excluding steroid dienone is 3. The van der Waals surface area contributed by atoms with Gasteiger partial charge in [0.25, 0.3) is 0 Å². The van der Waals surface area contributed by atoms with E-state index in [-0.39, 0.29) is 56.3 Å². The molecule has 0 heterocycles. The molecule has 0 aliphatic heterocycles. The summed E-state index contributed by atoms with van der Waals surface area (Å²) in [6.07, 6.45) is 8.15. The number of Topliss-reactive ketones (excluding diaryl/α,β-unsaturated/α-hetero) is 3. The Morgan fingerprint density at radius 2 is 0.912 bits per heavy atom. The van der Waals surface area contributed by atoms with E-state index in [4.69, 9.17) is 37.9 Å². The first-order valence-electron chi connectivity index (χ1n) is 33.1. The van der Waals surface area contributed by atoms with Crippen LogP contribution < -0.4 is 14.7 Å². The molecule has 0 aromatic heterocycles. The second-order valence-corrected chi connectivity index (χ2v) is 28.6. The summed E-state index contributed by atoms with van der Waals surface area (Å²) in [5.74, 6) is -0.942. The van der Waals surface area contributed by atoms with Crippen molar-refractivity contribution in [1.82, 2.24) is 4.90 Å². The number of nitrogens with zero attached hydrogens (tertiary/aromatic N) is 4. The lowest BCUT2D eigenvalue weighted by atomic mass is 9.84. The molecular weight excluding hydrogens is 1150 g/mol. The Balaban J connectivity index is 1.73. The maximum Gasteiger partial charge on any atom is 0.338 e. The number of esters is 1. The topological polar surface area (TPSA) is 155 Å². The molecule has 10 atom stereocenters. The van der Waals surface area contributed by atoms with Gasteiger partial charge < -0.3 is 57.5 Å². The zero-order valence-corrected chi connectivity index (χ0v) is 60.4. The molecule has 1 aliphatic carbocycles. The van der Waals surface area contributed by atoms with Gasteiger partial charge in [-0.1, -0.05) is 39.8 Å². The Morgan fingerprint density at radius 1 is 0.484 bits per heavy atom. The van der Waals surface area contributed by atoms with Gasteiger partial charge in [-0.15, -0.1) is 0 Å². The lowest BCUT2D eigenvalue weighted by Gasteiger charge is -2.43. The van der Waals surface area contributed by atoms with E-state index in [0.717, 1.165) is 22.8 Å². The van der Waals surface area contributed by atoms with Gasteiger partial charge in [-0.3, -0.25) is 14.4 Å². The fourth-order valence-corrected chi connectivity index (χ4v) is 11.6. The number of ketones is 3. The van der Waals surface area contributed by atoms with Crippen molar-refractivity contribution in [3.8, 4) is 0 Å². The lowest BCUT2D eigenvalue weighted by Crippen LogP contribution is -2.50. The number of likely N-dealkylation sites (N-methyl/N-ethyl adjacent to an activating group) is 1. The largest absolute Gasteiger partial charge is 0.459 e. The van der Waals surface area contributed by atoms with Gasteiger partial charge in [0.15, 0.2) is 17.3 Å². The van der Waals surface area contributed by atoms with E-state index in [2.05, 4.69) is 26.8 Å². The molecule has 0 bridgehead atoms. The first-order chi connectivity index (χ1) is 42.3. The van der Waals surface area contributed by atoms with Crippen LogP contribution in [-0.4, -0.2) is 176 Å². The van der Waals surface area contributed by atoms with Crippen molar-refractivity contribution >= 4 is 40.4 Å². The van der Waals surface area contributed by atoms with Crippen molar-refractivity contribution in [2.75, 3.05) is 104 Å². The zero-order valence-electron chi connectivity index (χ0n) is 60.4. The molecule has 0 spiro atoms. The van der Waals surface area contributed by atoms with E-state index in [1.807, 2.05) is 239 Å². The fraction of sp³-hybridized carbons (Fsp3) is 0.653. The molecule has 91 heavy (non-hydrogen) atoms. The first kappa shape index (κ1) is 78.0. The van der Waals surface area contributed by atoms with E-state index in [9.17, 15) is 19.2 Å². The Morgan fingerprint density at radius 3 is 1.34 bits per heavy atom. The van der Waals surface area contributed by atoms with Crippen molar-refractivity contribution in [1.29, 1.82) is 0 Å². The van der Waals surface area contributed by atoms with Crippen LogP contribution in [-0.2, 0) is 42.7 Å². The summed E-state index contributed by atoms with van der Waals surface area (Å²) in [4.78, 5) is 64.3. The Bertz CT molecular complexity index is 2850. The minimum Gasteiger partial charge on any atom is -0.459 e. The van der Waals surface area contributed by atoms with Gasteiger partial charge in [0.05, 0.1) is 79.1 Å². The average molecular weight is 1270 g/mol. The van der Waals surface area contributed by atoms with Crippen molar-refractivity contribution in [3.63, 3.8) is 0 Å². The second kappa shape index (κ2) is 33.6. The minimum atomic E-state index is -1.15. The van der Waals surface area contributed by atoms with Crippen LogP contribution in [0.2, 0.25) is 0 Å². The van der Waals surface area contributed by atoms with Gasteiger partial charge in [-0.25, -0.2) is 4.79 Å². The van der Waals surface area contributed by atoms with E-state index >= 15 is 0 Å². The number of benzene rings is 3. The highest BCUT2D eigenvalue weighted by Gasteiger charge is 2.44. The molecule has 10 unspecified atom stereocenters. The van der Waals surface area contributed by atoms with E-state index in [1.54, 1.807) is 12.1 Å². The molecule has 0 radical (unpaired) electrons. The molecule has 0 fully saturated rings. The van der Waals surface area contributed by atoms with Gasteiger partial charge in [-0.2, -0.15) is 0 Å². The Labute approximate surface area is 549 Å². The number of hydrogen-bond donors (Lipinski definition) is 0. The molecule has 0 amide bonds. The number of carbonyl (C=O) groups is 4. The molecule has 0 N–H and O–H groups in total. The number of anilines is 3. The molecule has 1 aliphatic rings. The van der Waals surface area contributed by atoms with E-state index < -0.39 is 69.4 Å². The van der Waals surface area contributed by atoms with E-state index in [0.29, 0.717) is 68.1 Å². The third-order valence-corrected chi connectivity index (χ3v) is 18.2. The second-order valence-electron chi connectivity index (χ2n) is 28.6. The maximum atomic E-state index is 14.3. The highest BCUT2D eigenvalue weighted by molar-refractivity contribution is 6.03. The molecule has 16 nitrogen and oxygen atoms in total. The highest BCUT2D eigenvalue weighted by atomic mass is 16.6. The van der Waals surface area contributed by atoms with Crippen LogP contribution in [0.4, 0.5) is 17.1 Å². The number of hydrogen-bond acceptors (Lipinski definition) is 16. The summed E-state index contributed by atoms with van der Waals surface area (Å²) >= 11 is 0. The third-order valence-electron chi connectivity index (χ3n) is 18.2. The van der Waals surface area contributed by atoms with Crippen LogP contribution in [0.25, 0.3) is 0 Å². The molecule has 4 rings (SSSR count). The quantitative estimate of drug-likeness (QED) is 0.0390. The van der Waals surface area contributed by atoms with Gasteiger partial charge >= 0.3 is 5.97 Å². The molecule has 3 aromatic carbocycles. The van der Waals surface area contributed by atoms with Crippen molar-refractivity contribution < 1.29 is 57.1 Å². The number of carbonyl (C=O) groups excluding carboxylic acids is 4. The standard InChI is InChI=1S/C75H118N4O12/c1-25-71(13,46-53(5)88-68(83)60-35-43-64(44-36-60)79(23)24)86-51-75(49-84-48-56(8)91-74(16,28-4)67(82)59-33-41-63(42-34-59)78(21)22,50-85-69(9,10)45-54(6)90-73(15,27-3)66(81)58-31-39-62(40-32-58)77(19)20)52-87-72(14,26-2)47-55(7)89-70(11,12)65(80)57-29-37-61(38-30-57)76(17)18/h29-33,35-44,53-56,59H,25-28,34,45-52H2,1-24H3. The molecule has 16 heteroatoms. The Hall–Kier alpha value is -5.46. The summed E-state index contributed by atoms with van der Waals surface area (Å²) in [5.41, 5.74) is -1.15. The Kier molecular flexibility index (Phi) is 28.8. The van der Waals surface area contributed by atoms with Crippen LogP contribution in [0.5, 0.6) is 0 Å². The van der Waals surface area contributed by atoms with Gasteiger partial charge in [0.1, 0.15) is 22.9 Å². The van der Waals surface area contributed by atoms with Gasteiger partial charge in [0.2, 0.25) is 0 Å². The monoisotopic (exact) mass is 1270 g/mol. The van der Waals surface area contributed by atoms with Crippen LogP contribution in [0.15, 0.2) is 96.7 Å². The predicted octanol–water partition coefficient (Wildman–Crippen LogP) is 14.5. The summed E-state index contributed by atoms with van der Waals surface area (Å²) in [5, 5.41) is 0. The molecule has 0 saturated heterocycles. The van der Waals surface area contributed by atoms with Gasteiger partial charge in [-0.05, 0) is 194 Å². The van der Waals surface area contributed by atoms with Crippen LogP contribution >= 0.6 is 0 Å². The fourth-order valence-electron chi connectivity index (χ4n) is 11.6. The highest BCUT2D eigenvalue weighted by Crippen LogP contribution is 2.37. The summed E-state index contributed by atoms with van der Waals surface area (Å²) in [7, 11) is 15.7.